The maximum atomic E-state index is 6.19. The Morgan fingerprint density at radius 3 is 0.821 bits per heavy atom. The maximum absolute atomic E-state index is 6.19. The lowest BCUT2D eigenvalue weighted by atomic mass is 10.0. The van der Waals surface area contributed by atoms with Crippen molar-refractivity contribution < 1.29 is 28.4 Å². The van der Waals surface area contributed by atoms with Crippen molar-refractivity contribution >= 4 is 131 Å². The van der Waals surface area contributed by atoms with E-state index in [4.69, 9.17) is 144 Å². The van der Waals surface area contributed by atoms with Gasteiger partial charge in [0, 0.05) is 107 Å². The van der Waals surface area contributed by atoms with Crippen LogP contribution in [0.4, 0.5) is 34.1 Å². The fraction of sp³-hybridized carbons (Fsp3) is 0.258. The number of benzene rings is 12. The number of rotatable bonds is 20. The second-order valence-electron chi connectivity index (χ2n) is 29.4. The van der Waals surface area contributed by atoms with Crippen LogP contribution in [-0.2, 0) is 46.1 Å². The van der Waals surface area contributed by atoms with Crippen LogP contribution in [0, 0.1) is 96.9 Å². The normalized spacial score (nSPS) is 11.2. The molecule has 0 radical (unpaired) electrons. The van der Waals surface area contributed by atoms with Gasteiger partial charge < -0.3 is 62.8 Å². The zero-order chi connectivity index (χ0) is 85.6. The van der Waals surface area contributed by atoms with Crippen molar-refractivity contribution in [3.05, 3.63) is 344 Å². The molecule has 0 aromatic heterocycles. The van der Waals surface area contributed by atoms with Crippen LogP contribution >= 0.6 is 97.1 Å². The Balaban J connectivity index is 0.000000175. The Hall–Kier alpha value is -9.25. The van der Waals surface area contributed by atoms with Gasteiger partial charge in [0.1, 0.15) is 74.1 Å². The predicted molar refractivity (Wildman–Crippen MR) is 500 cm³/mol. The molecule has 13 rings (SSSR count). The first kappa shape index (κ1) is 93.2. The summed E-state index contributed by atoms with van der Waals surface area (Å²) in [4.78, 5) is 0. The summed E-state index contributed by atoms with van der Waals surface area (Å²) < 4.78 is 36.2. The molecule has 1 aliphatic carbocycles. The lowest BCUT2D eigenvalue weighted by Crippen LogP contribution is -2.05. The van der Waals surface area contributed by atoms with Gasteiger partial charge in [-0.1, -0.05) is 201 Å². The number of hydrogen-bond donors (Lipinski definition) is 6. The monoisotopic (exact) mass is 1770 g/mol. The van der Waals surface area contributed by atoms with Gasteiger partial charge >= 0.3 is 0 Å². The van der Waals surface area contributed by atoms with Gasteiger partial charge in [-0.05, 0) is 296 Å². The predicted octanol–water partition coefficient (Wildman–Crippen LogP) is 28.2. The van der Waals surface area contributed by atoms with Gasteiger partial charge in [0.25, 0.3) is 0 Å². The molecule has 12 aromatic rings. The van der Waals surface area contributed by atoms with E-state index in [1.807, 2.05) is 255 Å². The molecule has 117 heavy (non-hydrogen) atoms. The number of hydrogen-bond acceptors (Lipinski definition) is 12. The van der Waals surface area contributed by atoms with E-state index in [2.05, 4.69) is 35.0 Å². The standard InChI is InChI=1S/C18H20ClNO.C17H20ClNO.2C16H18ClNO.C15H15BrClNO.C15H15Cl2NO/c1-11-8-12(2)18(9-16(11)19)21-10-15-14(13-6-7-13)4-3-5-17(15)20;1-4-13-6-5-7-16(19)14(13)10-20-17-9-15(18)11(2)8-12(17)3;2*1-10-5-4-6-15(18)13(10)9-19-16-8-14(17)11(2)7-12(16)3;2*1-9-6-10(2)15(7-13(9)17)19-8-11-12(16)4-3-5-14(11)18/h3-5,8-9,13H,6-7,10,20H2,1-2H3;5-9H,4,10,19H2,1-3H3;2*4-8H,9,18H2,1-3H3;2*3-7H,8,18H2,1-2H3. The maximum Gasteiger partial charge on any atom is 0.124 e. The summed E-state index contributed by atoms with van der Waals surface area (Å²) in [6.45, 7) is 32.8. The SMILES string of the molecule is CCc1cccc(N)c1COc1cc(Cl)c(C)cc1C.Cc1cc(C)c(OCc2c(C)cccc2N)cc1Cl.Cc1cc(C)c(OCc2c(C)cccc2N)cc1Cl.Cc1cc(C)c(OCc2c(N)cccc2Br)cc1Cl.Cc1cc(C)c(OCc2c(N)cccc2C2CC2)cc1Cl.Cc1cc(C)c(OCc2c(N)cccc2Cl)cc1Cl. The highest BCUT2D eigenvalue weighted by atomic mass is 79.9. The molecular weight excluding hydrogens is 1670 g/mol. The van der Waals surface area contributed by atoms with Gasteiger partial charge in [-0.2, -0.15) is 0 Å². The van der Waals surface area contributed by atoms with Crippen LogP contribution in [0.25, 0.3) is 0 Å². The first-order valence-corrected chi connectivity index (χ1v) is 41.8. The minimum absolute atomic E-state index is 0.325. The van der Waals surface area contributed by atoms with Gasteiger partial charge in [-0.3, -0.25) is 0 Å². The van der Waals surface area contributed by atoms with Gasteiger partial charge in [-0.25, -0.2) is 0 Å². The highest BCUT2D eigenvalue weighted by molar-refractivity contribution is 9.10. The Kier molecular flexibility index (Phi) is 35.1. The molecule has 0 spiro atoms. The smallest absolute Gasteiger partial charge is 0.124 e. The van der Waals surface area contributed by atoms with E-state index in [1.165, 1.54) is 24.0 Å². The fourth-order valence-corrected chi connectivity index (χ4v) is 14.4. The van der Waals surface area contributed by atoms with Crippen molar-refractivity contribution in [1.29, 1.82) is 0 Å². The summed E-state index contributed by atoms with van der Waals surface area (Å²) in [5.41, 5.74) is 64.0. The molecule has 0 aliphatic heterocycles. The lowest BCUT2D eigenvalue weighted by Gasteiger charge is -2.15. The second kappa shape index (κ2) is 44.0. The Morgan fingerprint density at radius 1 is 0.265 bits per heavy atom. The van der Waals surface area contributed by atoms with Crippen molar-refractivity contribution in [3.63, 3.8) is 0 Å². The second-order valence-corrected chi connectivity index (χ2v) is 33.1. The number of nitrogens with two attached hydrogens (primary N) is 6. The summed E-state index contributed by atoms with van der Waals surface area (Å²) >= 11 is 46.4. The Morgan fingerprint density at radius 2 is 0.513 bits per heavy atom. The molecule has 0 heterocycles. The van der Waals surface area contributed by atoms with E-state index >= 15 is 0 Å². The summed E-state index contributed by atoms with van der Waals surface area (Å²) in [6, 6.07) is 58.3. The fourth-order valence-electron chi connectivity index (χ4n) is 12.7. The van der Waals surface area contributed by atoms with E-state index in [0.29, 0.717) is 72.0 Å². The van der Waals surface area contributed by atoms with Crippen molar-refractivity contribution in [2.24, 2.45) is 0 Å². The molecular formula is C97H106BrCl7N6O6. The van der Waals surface area contributed by atoms with Crippen LogP contribution in [0.5, 0.6) is 34.5 Å². The summed E-state index contributed by atoms with van der Waals surface area (Å²) in [5, 5.41) is 4.91. The van der Waals surface area contributed by atoms with E-state index in [0.717, 1.165) is 199 Å². The van der Waals surface area contributed by atoms with E-state index < -0.39 is 0 Å². The topological polar surface area (TPSA) is 212 Å². The van der Waals surface area contributed by atoms with Crippen LogP contribution < -0.4 is 62.8 Å². The third kappa shape index (κ3) is 26.6. The van der Waals surface area contributed by atoms with Crippen LogP contribution in [0.3, 0.4) is 0 Å². The molecule has 1 aliphatic rings. The van der Waals surface area contributed by atoms with Crippen LogP contribution in [0.2, 0.25) is 35.2 Å². The van der Waals surface area contributed by atoms with Gasteiger partial charge in [0.15, 0.2) is 0 Å². The average molecular weight is 1780 g/mol. The highest BCUT2D eigenvalue weighted by Crippen LogP contribution is 2.44. The van der Waals surface area contributed by atoms with Crippen molar-refractivity contribution in [2.75, 3.05) is 34.4 Å². The van der Waals surface area contributed by atoms with E-state index in [-0.39, 0.29) is 0 Å². The first-order chi connectivity index (χ1) is 55.5. The summed E-state index contributed by atoms with van der Waals surface area (Å²) in [5.74, 6) is 5.44. The minimum Gasteiger partial charge on any atom is -0.488 e. The molecule has 12 aromatic carbocycles. The largest absolute Gasteiger partial charge is 0.488 e. The number of anilines is 6. The number of ether oxygens (including phenoxy) is 6. The molecule has 1 saturated carbocycles. The lowest BCUT2D eigenvalue weighted by molar-refractivity contribution is 0.303. The van der Waals surface area contributed by atoms with Crippen LogP contribution in [0.1, 0.15) is 148 Å². The summed E-state index contributed by atoms with van der Waals surface area (Å²) in [7, 11) is 0. The van der Waals surface area contributed by atoms with Gasteiger partial charge in [0.2, 0.25) is 0 Å². The van der Waals surface area contributed by atoms with Crippen molar-refractivity contribution in [1.82, 2.24) is 0 Å². The van der Waals surface area contributed by atoms with E-state index in [9.17, 15) is 0 Å². The molecule has 0 bridgehead atoms. The van der Waals surface area contributed by atoms with Crippen LogP contribution in [0.15, 0.2) is 186 Å². The van der Waals surface area contributed by atoms with Crippen molar-refractivity contribution in [2.45, 2.75) is 169 Å². The third-order valence-electron chi connectivity index (χ3n) is 20.1. The quantitative estimate of drug-likeness (QED) is 0.0394. The summed E-state index contributed by atoms with van der Waals surface area (Å²) in [6.07, 6.45) is 3.45. The molecule has 0 amide bonds. The van der Waals surface area contributed by atoms with Gasteiger partial charge in [0.05, 0.1) is 0 Å². The Labute approximate surface area is 735 Å². The molecule has 0 unspecified atom stereocenters. The molecule has 0 atom stereocenters. The van der Waals surface area contributed by atoms with E-state index in [1.54, 1.807) is 12.1 Å². The molecule has 20 heteroatoms. The number of halogens is 8. The van der Waals surface area contributed by atoms with Crippen LogP contribution in [-0.4, -0.2) is 0 Å². The highest BCUT2D eigenvalue weighted by Gasteiger charge is 2.27. The number of aryl methyl sites for hydroxylation is 15. The number of nitrogen functional groups attached to an aromatic ring is 6. The van der Waals surface area contributed by atoms with Gasteiger partial charge in [-0.15, -0.1) is 0 Å². The third-order valence-corrected chi connectivity index (χ3v) is 23.7. The molecule has 616 valence electrons. The molecule has 12 N–H and O–H groups in total. The molecule has 1 fully saturated rings. The molecule has 12 nitrogen and oxygen atoms in total. The molecule has 0 saturated heterocycles. The average Bonchev–Trinajstić information content (AvgIpc) is 1.69. The van der Waals surface area contributed by atoms with Crippen molar-refractivity contribution in [3.8, 4) is 34.5 Å². The zero-order valence-corrected chi connectivity index (χ0v) is 76.1. The zero-order valence-electron chi connectivity index (χ0n) is 69.2. The minimum atomic E-state index is 0.325. The Bertz CT molecular complexity index is 4950. The first-order valence-electron chi connectivity index (χ1n) is 38.4.